The van der Waals surface area contributed by atoms with Crippen LogP contribution in [0.3, 0.4) is 0 Å². The summed E-state index contributed by atoms with van der Waals surface area (Å²) in [5.74, 6) is -4.53. The van der Waals surface area contributed by atoms with Crippen molar-refractivity contribution in [2.24, 2.45) is 17.1 Å². The van der Waals surface area contributed by atoms with E-state index < -0.39 is 35.1 Å². The number of halogens is 1. The van der Waals surface area contributed by atoms with E-state index in [-0.39, 0.29) is 23.9 Å². The number of aliphatic hydroxyl groups is 1. The molecule has 0 bridgehead atoms. The van der Waals surface area contributed by atoms with Crippen molar-refractivity contribution < 1.29 is 28.6 Å². The Labute approximate surface area is 146 Å². The summed E-state index contributed by atoms with van der Waals surface area (Å²) < 4.78 is 23.8. The number of ether oxygens (including phenoxy) is 2. The van der Waals surface area contributed by atoms with Crippen molar-refractivity contribution in [1.82, 2.24) is 0 Å². The fourth-order valence-electron chi connectivity index (χ4n) is 2.83. The minimum absolute atomic E-state index is 0.126. The molecule has 0 spiro atoms. The third-order valence-corrected chi connectivity index (χ3v) is 4.90. The second-order valence-corrected chi connectivity index (χ2v) is 7.28. The lowest BCUT2D eigenvalue weighted by Crippen LogP contribution is -2.52. The number of aliphatic hydroxyl groups excluding tert-OH is 1. The number of carbonyl (C=O) groups is 2. The van der Waals surface area contributed by atoms with Crippen molar-refractivity contribution in [1.29, 1.82) is 0 Å². The average Bonchev–Trinajstić information content (AvgIpc) is 2.84. The summed E-state index contributed by atoms with van der Waals surface area (Å²) in [5.41, 5.74) is 5.08. The van der Waals surface area contributed by atoms with E-state index in [1.807, 2.05) is 13.8 Å². The molecule has 0 radical (unpaired) electrons. The highest BCUT2D eigenvalue weighted by atomic mass is 19.1. The summed E-state index contributed by atoms with van der Waals surface area (Å²) >= 11 is 0. The van der Waals surface area contributed by atoms with Crippen LogP contribution < -0.4 is 5.73 Å². The van der Waals surface area contributed by atoms with Crippen LogP contribution in [0, 0.1) is 17.2 Å². The van der Waals surface area contributed by atoms with Gasteiger partial charge in [0.05, 0.1) is 11.5 Å². The number of benzene rings is 1. The van der Waals surface area contributed by atoms with Crippen LogP contribution in [-0.2, 0) is 24.8 Å². The first kappa shape index (κ1) is 19.3. The highest BCUT2D eigenvalue weighted by molar-refractivity contribution is 6.31. The molecule has 1 aromatic rings. The van der Waals surface area contributed by atoms with Crippen molar-refractivity contribution >= 4 is 11.9 Å². The Bertz CT molecular complexity index is 640. The molecule has 2 atom stereocenters. The lowest BCUT2D eigenvalue weighted by atomic mass is 9.72. The zero-order valence-corrected chi connectivity index (χ0v) is 14.8. The summed E-state index contributed by atoms with van der Waals surface area (Å²) in [7, 11) is 0. The predicted molar refractivity (Wildman–Crippen MR) is 87.5 cm³/mol. The Hall–Kier alpha value is -1.99. The Morgan fingerprint density at radius 3 is 2.08 bits per heavy atom. The smallest absolute Gasteiger partial charge is 0.409 e. The Balaban J connectivity index is 2.46. The first-order chi connectivity index (χ1) is 11.5. The van der Waals surface area contributed by atoms with Crippen molar-refractivity contribution in [2.45, 2.75) is 52.0 Å². The molecule has 1 aromatic carbocycles. The Kier molecular flexibility index (Phi) is 5.20. The molecule has 0 aromatic heterocycles. The maximum absolute atomic E-state index is 13.3. The first-order valence-corrected chi connectivity index (χ1v) is 8.17. The SMILES string of the molecule is CC(C)C(N)CC(O)C(C)(C)C1(c2ccc(F)cc2)OC(=O)C(=O)O1. The van der Waals surface area contributed by atoms with Crippen LogP contribution in [0.2, 0.25) is 0 Å². The highest BCUT2D eigenvalue weighted by Gasteiger charge is 2.62. The molecule has 0 saturated carbocycles. The first-order valence-electron chi connectivity index (χ1n) is 8.17. The summed E-state index contributed by atoms with van der Waals surface area (Å²) in [6.07, 6.45) is -0.837. The van der Waals surface area contributed by atoms with Crippen molar-refractivity contribution in [3.05, 3.63) is 35.6 Å². The van der Waals surface area contributed by atoms with Crippen molar-refractivity contribution in [3.8, 4) is 0 Å². The molecular formula is C18H24FNO5. The van der Waals surface area contributed by atoms with Gasteiger partial charge in [-0.1, -0.05) is 13.8 Å². The van der Waals surface area contributed by atoms with Gasteiger partial charge in [0.1, 0.15) is 5.82 Å². The van der Waals surface area contributed by atoms with E-state index in [0.717, 1.165) is 0 Å². The predicted octanol–water partition coefficient (Wildman–Crippen LogP) is 1.84. The van der Waals surface area contributed by atoms with E-state index in [9.17, 15) is 19.1 Å². The van der Waals surface area contributed by atoms with Gasteiger partial charge < -0.3 is 20.3 Å². The minimum Gasteiger partial charge on any atom is -0.409 e. The number of rotatable bonds is 6. The van der Waals surface area contributed by atoms with Crippen LogP contribution in [0.1, 0.15) is 39.7 Å². The van der Waals surface area contributed by atoms with Gasteiger partial charge in [-0.25, -0.2) is 14.0 Å². The molecular weight excluding hydrogens is 329 g/mol. The molecule has 1 fully saturated rings. The van der Waals surface area contributed by atoms with Gasteiger partial charge in [-0.15, -0.1) is 0 Å². The van der Waals surface area contributed by atoms with E-state index in [2.05, 4.69) is 0 Å². The molecule has 0 aliphatic carbocycles. The van der Waals surface area contributed by atoms with E-state index in [1.54, 1.807) is 13.8 Å². The average molecular weight is 353 g/mol. The summed E-state index contributed by atoms with van der Waals surface area (Å²) in [6, 6.07) is 4.75. The third kappa shape index (κ3) is 3.39. The Morgan fingerprint density at radius 1 is 1.16 bits per heavy atom. The van der Waals surface area contributed by atoms with Gasteiger partial charge in [0.25, 0.3) is 5.79 Å². The molecule has 1 aliphatic heterocycles. The van der Waals surface area contributed by atoms with Crippen LogP contribution in [-0.4, -0.2) is 29.2 Å². The number of hydrogen-bond donors (Lipinski definition) is 2. The van der Waals surface area contributed by atoms with Crippen molar-refractivity contribution in [3.63, 3.8) is 0 Å². The molecule has 138 valence electrons. The normalized spacial score (nSPS) is 19.5. The summed E-state index contributed by atoms with van der Waals surface area (Å²) in [6.45, 7) is 7.07. The lowest BCUT2D eigenvalue weighted by molar-refractivity contribution is -0.256. The molecule has 2 rings (SSSR count). The second kappa shape index (κ2) is 6.72. The largest absolute Gasteiger partial charge is 0.421 e. The van der Waals surface area contributed by atoms with E-state index in [4.69, 9.17) is 15.2 Å². The molecule has 2 unspecified atom stereocenters. The standard InChI is InChI=1S/C18H24FNO5/c1-10(2)13(20)9-14(21)17(3,4)18(24-15(22)16(23)25-18)11-5-7-12(19)8-6-11/h5-8,10,13-14,21H,9,20H2,1-4H3. The van der Waals surface area contributed by atoms with Crippen LogP contribution in [0.15, 0.2) is 24.3 Å². The van der Waals surface area contributed by atoms with Crippen LogP contribution in [0.25, 0.3) is 0 Å². The minimum atomic E-state index is -1.86. The molecule has 7 heteroatoms. The van der Waals surface area contributed by atoms with E-state index in [1.165, 1.54) is 24.3 Å². The second-order valence-electron chi connectivity index (χ2n) is 7.28. The number of nitrogens with two attached hydrogens (primary N) is 1. The van der Waals surface area contributed by atoms with Crippen molar-refractivity contribution in [2.75, 3.05) is 0 Å². The number of esters is 2. The molecule has 1 heterocycles. The van der Waals surface area contributed by atoms with Gasteiger partial charge in [0, 0.05) is 11.6 Å². The Morgan fingerprint density at radius 2 is 1.64 bits per heavy atom. The fraction of sp³-hybridized carbons (Fsp3) is 0.556. The number of cyclic esters (lactones) is 2. The monoisotopic (exact) mass is 353 g/mol. The quantitative estimate of drug-likeness (QED) is 0.598. The highest BCUT2D eigenvalue weighted by Crippen LogP contribution is 2.50. The molecule has 1 saturated heterocycles. The fourth-order valence-corrected chi connectivity index (χ4v) is 2.83. The summed E-state index contributed by atoms with van der Waals surface area (Å²) in [4.78, 5) is 23.5. The van der Waals surface area contributed by atoms with Crippen LogP contribution >= 0.6 is 0 Å². The van der Waals surface area contributed by atoms with Gasteiger partial charge in [-0.2, -0.15) is 0 Å². The van der Waals surface area contributed by atoms with Gasteiger partial charge in [-0.3, -0.25) is 0 Å². The molecule has 0 amide bonds. The maximum atomic E-state index is 13.3. The van der Waals surface area contributed by atoms with Gasteiger partial charge in [0.2, 0.25) is 0 Å². The van der Waals surface area contributed by atoms with E-state index >= 15 is 0 Å². The van der Waals surface area contributed by atoms with Gasteiger partial charge >= 0.3 is 11.9 Å². The zero-order chi connectivity index (χ0) is 19.0. The van der Waals surface area contributed by atoms with E-state index in [0.29, 0.717) is 0 Å². The zero-order valence-electron chi connectivity index (χ0n) is 14.8. The number of carbonyl (C=O) groups excluding carboxylic acids is 2. The molecule has 1 aliphatic rings. The van der Waals surface area contributed by atoms with Gasteiger partial charge in [-0.05, 0) is 50.5 Å². The topological polar surface area (TPSA) is 98.9 Å². The number of hydrogen-bond acceptors (Lipinski definition) is 6. The molecule has 3 N–H and O–H groups in total. The third-order valence-electron chi connectivity index (χ3n) is 4.90. The molecule has 25 heavy (non-hydrogen) atoms. The maximum Gasteiger partial charge on any atom is 0.421 e. The van der Waals surface area contributed by atoms with Crippen LogP contribution in [0.5, 0.6) is 0 Å². The van der Waals surface area contributed by atoms with Gasteiger partial charge in [0.15, 0.2) is 0 Å². The molecule has 6 nitrogen and oxygen atoms in total. The summed E-state index contributed by atoms with van der Waals surface area (Å²) in [5, 5.41) is 10.8. The van der Waals surface area contributed by atoms with Crippen LogP contribution in [0.4, 0.5) is 4.39 Å². The lowest BCUT2D eigenvalue weighted by Gasteiger charge is -2.43.